The lowest BCUT2D eigenvalue weighted by molar-refractivity contribution is 0.0694. The summed E-state index contributed by atoms with van der Waals surface area (Å²) in [7, 11) is 0. The van der Waals surface area contributed by atoms with Crippen LogP contribution < -0.4 is 5.56 Å². The van der Waals surface area contributed by atoms with E-state index >= 15 is 0 Å². The van der Waals surface area contributed by atoms with E-state index < -0.39 is 11.5 Å². The SMILES string of the molecule is Cc1cn2c(=O)c(C(=O)O)cc(C3CC3)c2c(C)c1-c1cnc2[nH]ncc2c1. The Morgan fingerprint density at radius 2 is 2.04 bits per heavy atom. The predicted molar refractivity (Wildman–Crippen MR) is 105 cm³/mol. The number of carbonyl (C=O) groups is 1. The Bertz CT molecular complexity index is 1350. The van der Waals surface area contributed by atoms with Crippen LogP contribution in [0.1, 0.15) is 45.8 Å². The first-order valence-electron chi connectivity index (χ1n) is 9.18. The van der Waals surface area contributed by atoms with Crippen LogP contribution in [0.4, 0.5) is 0 Å². The number of fused-ring (bicyclic) bond motifs is 2. The van der Waals surface area contributed by atoms with Crippen molar-refractivity contribution in [3.63, 3.8) is 0 Å². The third-order valence-electron chi connectivity index (χ3n) is 5.54. The number of hydrogen-bond acceptors (Lipinski definition) is 4. The van der Waals surface area contributed by atoms with Gasteiger partial charge in [0, 0.05) is 23.3 Å². The van der Waals surface area contributed by atoms with Gasteiger partial charge in [0.1, 0.15) is 5.56 Å². The van der Waals surface area contributed by atoms with Crippen LogP contribution in [0.2, 0.25) is 0 Å². The highest BCUT2D eigenvalue weighted by Crippen LogP contribution is 2.44. The van der Waals surface area contributed by atoms with Crippen molar-refractivity contribution < 1.29 is 9.90 Å². The van der Waals surface area contributed by atoms with E-state index in [4.69, 9.17) is 0 Å². The standard InChI is InChI=1S/C21H18N4O3/c1-10-9-25-18(15(12-3-4-12)6-16(20(25)26)21(27)28)11(2)17(10)13-5-14-8-23-24-19(14)22-7-13/h5-9,12H,3-4H2,1-2H3,(H,27,28)(H,22,23,24). The summed E-state index contributed by atoms with van der Waals surface area (Å²) in [6.07, 6.45) is 7.30. The van der Waals surface area contributed by atoms with Crippen molar-refractivity contribution in [2.75, 3.05) is 0 Å². The Balaban J connectivity index is 1.87. The number of aromatic carboxylic acids is 1. The van der Waals surface area contributed by atoms with Gasteiger partial charge in [-0.3, -0.25) is 14.3 Å². The maximum Gasteiger partial charge on any atom is 0.341 e. The fraction of sp³-hybridized carbons (Fsp3) is 0.238. The number of H-pyrrole nitrogens is 1. The van der Waals surface area contributed by atoms with E-state index in [2.05, 4.69) is 15.2 Å². The van der Waals surface area contributed by atoms with Crippen LogP contribution >= 0.6 is 0 Å². The van der Waals surface area contributed by atoms with Crippen LogP contribution in [0.5, 0.6) is 0 Å². The maximum atomic E-state index is 12.8. The maximum absolute atomic E-state index is 12.8. The van der Waals surface area contributed by atoms with E-state index in [0.29, 0.717) is 5.92 Å². The minimum Gasteiger partial charge on any atom is -0.477 e. The lowest BCUT2D eigenvalue weighted by Crippen LogP contribution is -2.24. The van der Waals surface area contributed by atoms with Crippen LogP contribution in [0, 0.1) is 13.8 Å². The summed E-state index contributed by atoms with van der Waals surface area (Å²) >= 11 is 0. The number of carboxylic acid groups (broad SMARTS) is 1. The minimum absolute atomic E-state index is 0.174. The summed E-state index contributed by atoms with van der Waals surface area (Å²) in [6, 6.07) is 3.60. The van der Waals surface area contributed by atoms with Gasteiger partial charge >= 0.3 is 5.97 Å². The molecule has 0 aliphatic heterocycles. The first-order valence-corrected chi connectivity index (χ1v) is 9.18. The highest BCUT2D eigenvalue weighted by atomic mass is 16.4. The number of hydrogen-bond donors (Lipinski definition) is 2. The Morgan fingerprint density at radius 1 is 1.25 bits per heavy atom. The van der Waals surface area contributed by atoms with Crippen molar-refractivity contribution in [1.29, 1.82) is 0 Å². The monoisotopic (exact) mass is 374 g/mol. The summed E-state index contributed by atoms with van der Waals surface area (Å²) in [5.74, 6) is -0.882. The fourth-order valence-electron chi connectivity index (χ4n) is 4.12. The van der Waals surface area contributed by atoms with Gasteiger partial charge in [-0.2, -0.15) is 5.10 Å². The van der Waals surface area contributed by atoms with Gasteiger partial charge in [-0.1, -0.05) is 0 Å². The molecular weight excluding hydrogens is 356 g/mol. The first-order chi connectivity index (χ1) is 13.5. The van der Waals surface area contributed by atoms with Crippen LogP contribution in [0.3, 0.4) is 0 Å². The molecule has 1 fully saturated rings. The van der Waals surface area contributed by atoms with Gasteiger partial charge in [0.25, 0.3) is 5.56 Å². The Labute approximate surface area is 159 Å². The molecule has 7 heteroatoms. The largest absolute Gasteiger partial charge is 0.477 e. The van der Waals surface area contributed by atoms with Gasteiger partial charge in [-0.05, 0) is 67.0 Å². The second-order valence-corrected chi connectivity index (χ2v) is 7.46. The van der Waals surface area contributed by atoms with Gasteiger partial charge in [0.2, 0.25) is 0 Å². The van der Waals surface area contributed by atoms with Crippen molar-refractivity contribution in [3.05, 3.63) is 63.3 Å². The van der Waals surface area contributed by atoms with Gasteiger partial charge in [0.15, 0.2) is 5.65 Å². The predicted octanol–water partition coefficient (Wildman–Crippen LogP) is 3.43. The van der Waals surface area contributed by atoms with E-state index in [-0.39, 0.29) is 5.56 Å². The number of aromatic nitrogens is 4. The van der Waals surface area contributed by atoms with Crippen molar-refractivity contribution in [1.82, 2.24) is 19.6 Å². The van der Waals surface area contributed by atoms with Gasteiger partial charge in [-0.25, -0.2) is 9.78 Å². The van der Waals surface area contributed by atoms with Crippen molar-refractivity contribution in [2.24, 2.45) is 0 Å². The smallest absolute Gasteiger partial charge is 0.341 e. The number of nitrogens with zero attached hydrogens (tertiary/aromatic N) is 3. The number of nitrogens with one attached hydrogen (secondary N) is 1. The normalized spacial score (nSPS) is 14.1. The highest BCUT2D eigenvalue weighted by Gasteiger charge is 2.29. The molecule has 4 aromatic heterocycles. The van der Waals surface area contributed by atoms with Crippen LogP contribution in [0.15, 0.2) is 35.5 Å². The van der Waals surface area contributed by atoms with E-state index in [1.807, 2.05) is 19.9 Å². The molecule has 4 aromatic rings. The average Bonchev–Trinajstić information content (AvgIpc) is 3.39. The zero-order chi connectivity index (χ0) is 19.6. The molecule has 28 heavy (non-hydrogen) atoms. The van der Waals surface area contributed by atoms with E-state index in [9.17, 15) is 14.7 Å². The second kappa shape index (κ2) is 5.76. The lowest BCUT2D eigenvalue weighted by atomic mass is 9.94. The quantitative estimate of drug-likeness (QED) is 0.572. The molecule has 5 rings (SSSR count). The molecule has 1 aliphatic carbocycles. The number of rotatable bonds is 3. The number of aromatic amines is 1. The minimum atomic E-state index is -1.18. The second-order valence-electron chi connectivity index (χ2n) is 7.46. The lowest BCUT2D eigenvalue weighted by Gasteiger charge is -2.17. The molecule has 0 unspecified atom stereocenters. The average molecular weight is 374 g/mol. The summed E-state index contributed by atoms with van der Waals surface area (Å²) < 4.78 is 1.51. The molecule has 7 nitrogen and oxygen atoms in total. The van der Waals surface area contributed by atoms with Gasteiger partial charge < -0.3 is 5.11 Å². The first kappa shape index (κ1) is 16.7. The number of carboxylic acids is 1. The van der Waals surface area contributed by atoms with E-state index in [0.717, 1.165) is 57.2 Å². The molecule has 140 valence electrons. The van der Waals surface area contributed by atoms with Crippen LogP contribution in [-0.4, -0.2) is 30.7 Å². The molecular formula is C21H18N4O3. The molecule has 1 aliphatic rings. The third-order valence-corrected chi connectivity index (χ3v) is 5.54. The van der Waals surface area contributed by atoms with Crippen LogP contribution in [0.25, 0.3) is 27.7 Å². The Kier molecular flexibility index (Phi) is 3.43. The van der Waals surface area contributed by atoms with Crippen molar-refractivity contribution in [2.45, 2.75) is 32.6 Å². The number of pyridine rings is 3. The molecule has 0 bridgehead atoms. The van der Waals surface area contributed by atoms with Crippen molar-refractivity contribution in [3.8, 4) is 11.1 Å². The summed E-state index contributed by atoms with van der Waals surface area (Å²) in [6.45, 7) is 3.92. The summed E-state index contributed by atoms with van der Waals surface area (Å²) in [4.78, 5) is 28.8. The van der Waals surface area contributed by atoms with Gasteiger partial charge in [-0.15, -0.1) is 0 Å². The molecule has 0 atom stereocenters. The molecule has 1 saturated carbocycles. The molecule has 2 N–H and O–H groups in total. The van der Waals surface area contributed by atoms with Gasteiger partial charge in [0.05, 0.1) is 11.7 Å². The molecule has 0 spiro atoms. The highest BCUT2D eigenvalue weighted by molar-refractivity contribution is 5.90. The molecule has 0 radical (unpaired) electrons. The molecule has 0 saturated heterocycles. The Hall–Kier alpha value is -3.48. The number of aryl methyl sites for hydroxylation is 2. The van der Waals surface area contributed by atoms with Crippen molar-refractivity contribution >= 4 is 22.5 Å². The molecule has 0 aromatic carbocycles. The molecule has 0 amide bonds. The molecule has 4 heterocycles. The zero-order valence-corrected chi connectivity index (χ0v) is 15.5. The van der Waals surface area contributed by atoms with Crippen LogP contribution in [-0.2, 0) is 0 Å². The Morgan fingerprint density at radius 3 is 2.75 bits per heavy atom. The third kappa shape index (κ3) is 2.36. The fourth-order valence-corrected chi connectivity index (χ4v) is 4.12. The zero-order valence-electron chi connectivity index (χ0n) is 15.5. The van der Waals surface area contributed by atoms with E-state index in [1.165, 1.54) is 4.40 Å². The topological polar surface area (TPSA) is 100 Å². The summed E-state index contributed by atoms with van der Waals surface area (Å²) in [5, 5.41) is 17.3. The van der Waals surface area contributed by atoms with E-state index in [1.54, 1.807) is 24.7 Å². The summed E-state index contributed by atoms with van der Waals surface area (Å²) in [5.41, 5.74) is 5.62.